The van der Waals surface area contributed by atoms with Crippen molar-refractivity contribution in [2.75, 3.05) is 18.4 Å². The molecule has 31 heavy (non-hydrogen) atoms. The van der Waals surface area contributed by atoms with E-state index in [1.165, 1.54) is 0 Å². The molecule has 1 aromatic heterocycles. The number of nitrogens with one attached hydrogen (secondary N) is 1. The van der Waals surface area contributed by atoms with Gasteiger partial charge in [0, 0.05) is 40.9 Å². The Hall–Kier alpha value is -3.12. The highest BCUT2D eigenvalue weighted by Gasteiger charge is 2.24. The van der Waals surface area contributed by atoms with E-state index in [1.807, 2.05) is 23.1 Å². The summed E-state index contributed by atoms with van der Waals surface area (Å²) in [6.45, 7) is 3.46. The second kappa shape index (κ2) is 8.94. The Morgan fingerprint density at radius 1 is 1.00 bits per heavy atom. The van der Waals surface area contributed by atoms with Crippen molar-refractivity contribution in [3.63, 3.8) is 0 Å². The SMILES string of the molecule is Cc1c(Cl)cccc1NC(=O)C(=O)c1cn(CC(=O)N2CCCCC2)c2ccccc12. The molecule has 0 spiro atoms. The molecule has 1 aliphatic rings. The van der Waals surface area contributed by atoms with E-state index in [-0.39, 0.29) is 18.0 Å². The largest absolute Gasteiger partial charge is 0.341 e. The maximum atomic E-state index is 13.0. The number of Topliss-reactive ketones (excluding diaryl/α,β-unsaturated/α-hetero) is 1. The molecular formula is C24H24ClN3O3. The predicted octanol–water partition coefficient (Wildman–Crippen LogP) is 4.44. The van der Waals surface area contributed by atoms with Crippen molar-refractivity contribution in [3.05, 3.63) is 64.8 Å². The minimum absolute atomic E-state index is 0.0263. The van der Waals surface area contributed by atoms with Gasteiger partial charge >= 0.3 is 0 Å². The maximum absolute atomic E-state index is 13.0. The molecule has 160 valence electrons. The third-order valence-corrected chi connectivity index (χ3v) is 6.18. The van der Waals surface area contributed by atoms with Gasteiger partial charge in [-0.05, 0) is 49.9 Å². The number of carbonyl (C=O) groups is 3. The smallest absolute Gasteiger partial charge is 0.296 e. The maximum Gasteiger partial charge on any atom is 0.296 e. The van der Waals surface area contributed by atoms with Gasteiger partial charge < -0.3 is 14.8 Å². The number of nitrogens with zero attached hydrogens (tertiary/aromatic N) is 2. The van der Waals surface area contributed by atoms with Crippen LogP contribution in [0.4, 0.5) is 5.69 Å². The molecular weight excluding hydrogens is 414 g/mol. The number of likely N-dealkylation sites (tertiary alicyclic amines) is 1. The van der Waals surface area contributed by atoms with Gasteiger partial charge in [-0.15, -0.1) is 0 Å². The first kappa shape index (κ1) is 21.1. The quantitative estimate of drug-likeness (QED) is 0.474. The number of ketones is 1. The van der Waals surface area contributed by atoms with Crippen LogP contribution in [0.25, 0.3) is 10.9 Å². The fraction of sp³-hybridized carbons (Fsp3) is 0.292. The summed E-state index contributed by atoms with van der Waals surface area (Å²) in [5, 5.41) is 3.82. The zero-order valence-electron chi connectivity index (χ0n) is 17.4. The van der Waals surface area contributed by atoms with E-state index in [2.05, 4.69) is 5.32 Å². The lowest BCUT2D eigenvalue weighted by Gasteiger charge is -2.27. The second-order valence-corrected chi connectivity index (χ2v) is 8.23. The zero-order chi connectivity index (χ0) is 22.0. The molecule has 4 rings (SSSR count). The average molecular weight is 438 g/mol. The Morgan fingerprint density at radius 3 is 2.52 bits per heavy atom. The lowest BCUT2D eigenvalue weighted by atomic mass is 10.1. The van der Waals surface area contributed by atoms with Crippen LogP contribution in [0.2, 0.25) is 5.02 Å². The van der Waals surface area contributed by atoms with E-state index in [9.17, 15) is 14.4 Å². The number of anilines is 1. The topological polar surface area (TPSA) is 71.4 Å². The van der Waals surface area contributed by atoms with Gasteiger partial charge in [-0.25, -0.2) is 0 Å². The molecule has 1 N–H and O–H groups in total. The van der Waals surface area contributed by atoms with Crippen LogP contribution in [-0.4, -0.2) is 40.2 Å². The molecule has 0 atom stereocenters. The van der Waals surface area contributed by atoms with E-state index in [4.69, 9.17) is 11.6 Å². The number of fused-ring (bicyclic) bond motifs is 1. The van der Waals surface area contributed by atoms with Crippen LogP contribution in [0.3, 0.4) is 0 Å². The molecule has 0 radical (unpaired) electrons. The molecule has 0 saturated carbocycles. The number of hydrogen-bond acceptors (Lipinski definition) is 3. The Bertz CT molecular complexity index is 1160. The van der Waals surface area contributed by atoms with Crippen LogP contribution >= 0.6 is 11.6 Å². The molecule has 0 aliphatic carbocycles. The molecule has 2 heterocycles. The summed E-state index contributed by atoms with van der Waals surface area (Å²) in [5.74, 6) is -1.37. The molecule has 1 saturated heterocycles. The van der Waals surface area contributed by atoms with Crippen LogP contribution < -0.4 is 5.32 Å². The minimum Gasteiger partial charge on any atom is -0.341 e. The summed E-state index contributed by atoms with van der Waals surface area (Å²) in [6, 6.07) is 12.5. The van der Waals surface area contributed by atoms with Gasteiger partial charge in [0.15, 0.2) is 0 Å². The molecule has 7 heteroatoms. The fourth-order valence-corrected chi connectivity index (χ4v) is 4.17. The fourth-order valence-electron chi connectivity index (χ4n) is 3.99. The summed E-state index contributed by atoms with van der Waals surface area (Å²) < 4.78 is 1.76. The normalized spacial score (nSPS) is 13.9. The summed E-state index contributed by atoms with van der Waals surface area (Å²) >= 11 is 6.11. The lowest BCUT2D eigenvalue weighted by Crippen LogP contribution is -2.37. The van der Waals surface area contributed by atoms with Crippen LogP contribution in [0.5, 0.6) is 0 Å². The number of amides is 2. The van der Waals surface area contributed by atoms with E-state index in [0.29, 0.717) is 21.7 Å². The van der Waals surface area contributed by atoms with Gasteiger partial charge in [0.05, 0.1) is 5.56 Å². The highest BCUT2D eigenvalue weighted by atomic mass is 35.5. The van der Waals surface area contributed by atoms with Crippen LogP contribution in [0.1, 0.15) is 35.2 Å². The predicted molar refractivity (Wildman–Crippen MR) is 122 cm³/mol. The number of hydrogen-bond donors (Lipinski definition) is 1. The Morgan fingerprint density at radius 2 is 1.74 bits per heavy atom. The first-order valence-corrected chi connectivity index (χ1v) is 10.8. The molecule has 2 amide bonds. The number of carbonyl (C=O) groups excluding carboxylic acids is 3. The minimum atomic E-state index is -0.740. The van der Waals surface area contributed by atoms with Crippen molar-refractivity contribution in [1.82, 2.24) is 9.47 Å². The molecule has 6 nitrogen and oxygen atoms in total. The van der Waals surface area contributed by atoms with E-state index >= 15 is 0 Å². The van der Waals surface area contributed by atoms with Gasteiger partial charge in [-0.3, -0.25) is 14.4 Å². The van der Waals surface area contributed by atoms with Crippen molar-refractivity contribution >= 4 is 45.8 Å². The van der Waals surface area contributed by atoms with Crippen LogP contribution in [0, 0.1) is 6.92 Å². The van der Waals surface area contributed by atoms with Gasteiger partial charge in [0.25, 0.3) is 11.7 Å². The average Bonchev–Trinajstić information content (AvgIpc) is 3.15. The second-order valence-electron chi connectivity index (χ2n) is 7.82. The van der Waals surface area contributed by atoms with Crippen molar-refractivity contribution in [2.45, 2.75) is 32.7 Å². The monoisotopic (exact) mass is 437 g/mol. The van der Waals surface area contributed by atoms with Crippen molar-refractivity contribution in [2.24, 2.45) is 0 Å². The first-order valence-electron chi connectivity index (χ1n) is 10.4. The molecule has 0 unspecified atom stereocenters. The van der Waals surface area contributed by atoms with Gasteiger partial charge in [-0.2, -0.15) is 0 Å². The number of rotatable bonds is 5. The van der Waals surface area contributed by atoms with Gasteiger partial charge in [0.2, 0.25) is 5.91 Å². The summed E-state index contributed by atoms with van der Waals surface area (Å²) in [6.07, 6.45) is 4.80. The molecule has 1 aliphatic heterocycles. The van der Waals surface area contributed by atoms with Crippen LogP contribution in [0.15, 0.2) is 48.7 Å². The third kappa shape index (κ3) is 4.35. The van der Waals surface area contributed by atoms with Gasteiger partial charge in [0.1, 0.15) is 6.54 Å². The zero-order valence-corrected chi connectivity index (χ0v) is 18.1. The van der Waals surface area contributed by atoms with Crippen molar-refractivity contribution in [1.29, 1.82) is 0 Å². The molecule has 3 aromatic rings. The van der Waals surface area contributed by atoms with Crippen molar-refractivity contribution < 1.29 is 14.4 Å². The number of piperidine rings is 1. The lowest BCUT2D eigenvalue weighted by molar-refractivity contribution is -0.132. The summed E-state index contributed by atoms with van der Waals surface area (Å²) in [4.78, 5) is 40.3. The van der Waals surface area contributed by atoms with Crippen molar-refractivity contribution in [3.8, 4) is 0 Å². The number of para-hydroxylation sites is 1. The summed E-state index contributed by atoms with van der Waals surface area (Å²) in [7, 11) is 0. The van der Waals surface area contributed by atoms with E-state index in [0.717, 1.165) is 37.9 Å². The standard InChI is InChI=1S/C24H24ClN3O3/c1-16-19(25)9-7-10-20(16)26-24(31)23(30)18-14-28(21-11-4-3-8-17(18)21)15-22(29)27-12-5-2-6-13-27/h3-4,7-11,14H,2,5-6,12-13,15H2,1H3,(H,26,31). The van der Waals surface area contributed by atoms with Crippen LogP contribution in [-0.2, 0) is 16.1 Å². The van der Waals surface area contributed by atoms with E-state index < -0.39 is 11.7 Å². The molecule has 2 aromatic carbocycles. The summed E-state index contributed by atoms with van der Waals surface area (Å²) in [5.41, 5.74) is 2.22. The number of aromatic nitrogens is 1. The Balaban J connectivity index is 1.60. The third-order valence-electron chi connectivity index (χ3n) is 5.77. The molecule has 1 fully saturated rings. The highest BCUT2D eigenvalue weighted by Crippen LogP contribution is 2.25. The first-order chi connectivity index (χ1) is 15.0. The number of halogens is 1. The van der Waals surface area contributed by atoms with Gasteiger partial charge in [-0.1, -0.05) is 35.9 Å². The highest BCUT2D eigenvalue weighted by molar-refractivity contribution is 6.48. The Kier molecular flexibility index (Phi) is 6.09. The number of benzene rings is 2. The Labute approximate surface area is 185 Å². The van der Waals surface area contributed by atoms with E-state index in [1.54, 1.807) is 42.0 Å². The molecule has 0 bridgehead atoms.